The second-order valence-corrected chi connectivity index (χ2v) is 4.53. The molecule has 92 valence electrons. The predicted molar refractivity (Wildman–Crippen MR) is 71.6 cm³/mol. The Morgan fingerprint density at radius 1 is 1.22 bits per heavy atom. The molecule has 0 aliphatic heterocycles. The molecule has 0 radical (unpaired) electrons. The van der Waals surface area contributed by atoms with E-state index >= 15 is 0 Å². The lowest BCUT2D eigenvalue weighted by molar-refractivity contribution is 0.475. The van der Waals surface area contributed by atoms with E-state index in [0.717, 1.165) is 4.47 Å². The van der Waals surface area contributed by atoms with Gasteiger partial charge in [-0.3, -0.25) is 5.41 Å². The van der Waals surface area contributed by atoms with Crippen LogP contribution >= 0.6 is 15.9 Å². The van der Waals surface area contributed by atoms with Crippen LogP contribution in [0.4, 0.5) is 4.39 Å². The Bertz CT molecular complexity index is 601. The molecular formula is C13H10BrFN2O. The van der Waals surface area contributed by atoms with Gasteiger partial charge in [0.05, 0.1) is 5.56 Å². The standard InChI is InChI=1S/C13H10BrFN2O/c14-8-4-5-11(13(16)17)12(6-8)18-10-3-1-2-9(15)7-10/h1-7H,(H3,16,17). The molecule has 0 aliphatic carbocycles. The fourth-order valence-corrected chi connectivity index (χ4v) is 1.80. The molecule has 2 aromatic carbocycles. The summed E-state index contributed by atoms with van der Waals surface area (Å²) in [5.74, 6) is 0.277. The van der Waals surface area contributed by atoms with Gasteiger partial charge in [0.2, 0.25) is 0 Å². The van der Waals surface area contributed by atoms with Gasteiger partial charge in [-0.2, -0.15) is 0 Å². The van der Waals surface area contributed by atoms with Crippen LogP contribution in [0.2, 0.25) is 0 Å². The highest BCUT2D eigenvalue weighted by molar-refractivity contribution is 9.10. The quantitative estimate of drug-likeness (QED) is 0.671. The third-order valence-corrected chi connectivity index (χ3v) is 2.75. The fraction of sp³-hybridized carbons (Fsp3) is 0. The van der Waals surface area contributed by atoms with Crippen molar-refractivity contribution in [1.29, 1.82) is 5.41 Å². The molecular weight excluding hydrogens is 299 g/mol. The molecule has 3 N–H and O–H groups in total. The highest BCUT2D eigenvalue weighted by Crippen LogP contribution is 2.28. The number of ether oxygens (including phenoxy) is 1. The number of halogens is 2. The fourth-order valence-electron chi connectivity index (χ4n) is 1.46. The normalized spacial score (nSPS) is 10.1. The average Bonchev–Trinajstić information content (AvgIpc) is 2.28. The van der Waals surface area contributed by atoms with Gasteiger partial charge in [0.25, 0.3) is 0 Å². The van der Waals surface area contributed by atoms with E-state index in [9.17, 15) is 4.39 Å². The molecule has 5 heteroatoms. The molecule has 2 aromatic rings. The molecule has 0 aliphatic rings. The largest absolute Gasteiger partial charge is 0.456 e. The van der Waals surface area contributed by atoms with E-state index in [1.807, 2.05) is 0 Å². The Balaban J connectivity index is 2.39. The summed E-state index contributed by atoms with van der Waals surface area (Å²) < 4.78 is 19.4. The van der Waals surface area contributed by atoms with Crippen LogP contribution in [0.1, 0.15) is 5.56 Å². The highest BCUT2D eigenvalue weighted by Gasteiger charge is 2.08. The molecule has 0 amide bonds. The lowest BCUT2D eigenvalue weighted by Crippen LogP contribution is -2.12. The molecule has 0 atom stereocenters. The number of hydrogen-bond acceptors (Lipinski definition) is 2. The predicted octanol–water partition coefficient (Wildman–Crippen LogP) is 3.66. The SMILES string of the molecule is N=C(N)c1ccc(Br)cc1Oc1cccc(F)c1. The third kappa shape index (κ3) is 2.87. The van der Waals surface area contributed by atoms with Crippen LogP contribution in [0, 0.1) is 11.2 Å². The molecule has 18 heavy (non-hydrogen) atoms. The van der Waals surface area contributed by atoms with Crippen molar-refractivity contribution in [2.75, 3.05) is 0 Å². The number of hydrogen-bond donors (Lipinski definition) is 2. The van der Waals surface area contributed by atoms with E-state index in [4.69, 9.17) is 15.9 Å². The Labute approximate surface area is 112 Å². The van der Waals surface area contributed by atoms with Gasteiger partial charge in [0.15, 0.2) is 0 Å². The molecule has 0 unspecified atom stereocenters. The van der Waals surface area contributed by atoms with Crippen molar-refractivity contribution in [1.82, 2.24) is 0 Å². The Morgan fingerprint density at radius 3 is 2.67 bits per heavy atom. The molecule has 0 bridgehead atoms. The zero-order chi connectivity index (χ0) is 13.1. The van der Waals surface area contributed by atoms with Crippen molar-refractivity contribution in [3.63, 3.8) is 0 Å². The second-order valence-electron chi connectivity index (χ2n) is 3.61. The topological polar surface area (TPSA) is 59.1 Å². The summed E-state index contributed by atoms with van der Waals surface area (Å²) in [5, 5.41) is 7.46. The molecule has 0 spiro atoms. The third-order valence-electron chi connectivity index (χ3n) is 2.26. The maximum absolute atomic E-state index is 13.1. The second kappa shape index (κ2) is 5.18. The molecule has 2 rings (SSSR count). The van der Waals surface area contributed by atoms with Crippen molar-refractivity contribution in [3.8, 4) is 11.5 Å². The summed E-state index contributed by atoms with van der Waals surface area (Å²) in [5.41, 5.74) is 5.92. The first-order valence-corrected chi connectivity index (χ1v) is 5.93. The van der Waals surface area contributed by atoms with Gasteiger partial charge in [-0.1, -0.05) is 22.0 Å². The molecule has 0 heterocycles. The van der Waals surface area contributed by atoms with Gasteiger partial charge in [0.1, 0.15) is 23.2 Å². The van der Waals surface area contributed by atoms with Crippen LogP contribution in [0.25, 0.3) is 0 Å². The van der Waals surface area contributed by atoms with E-state index < -0.39 is 0 Å². The summed E-state index contributed by atoms with van der Waals surface area (Å²) in [6, 6.07) is 10.9. The monoisotopic (exact) mass is 308 g/mol. The first kappa shape index (κ1) is 12.6. The van der Waals surface area contributed by atoms with E-state index in [2.05, 4.69) is 15.9 Å². The van der Waals surface area contributed by atoms with Crippen LogP contribution in [-0.2, 0) is 0 Å². The maximum atomic E-state index is 13.1. The average molecular weight is 309 g/mol. The zero-order valence-corrected chi connectivity index (χ0v) is 10.9. The van der Waals surface area contributed by atoms with Gasteiger partial charge in [-0.05, 0) is 30.3 Å². The van der Waals surface area contributed by atoms with E-state index in [-0.39, 0.29) is 11.7 Å². The van der Waals surface area contributed by atoms with Gasteiger partial charge in [0, 0.05) is 10.5 Å². The minimum atomic E-state index is -0.383. The summed E-state index contributed by atoms with van der Waals surface area (Å²) in [6.45, 7) is 0. The van der Waals surface area contributed by atoms with Crippen LogP contribution < -0.4 is 10.5 Å². The lowest BCUT2D eigenvalue weighted by Gasteiger charge is -2.10. The number of nitrogens with one attached hydrogen (secondary N) is 1. The minimum absolute atomic E-state index is 0.103. The zero-order valence-electron chi connectivity index (χ0n) is 9.28. The van der Waals surface area contributed by atoms with E-state index in [1.54, 1.807) is 30.3 Å². The number of nitrogen functional groups attached to an aromatic ring is 1. The van der Waals surface area contributed by atoms with E-state index in [0.29, 0.717) is 17.1 Å². The number of rotatable bonds is 3. The lowest BCUT2D eigenvalue weighted by atomic mass is 10.2. The van der Waals surface area contributed by atoms with Crippen molar-refractivity contribution >= 4 is 21.8 Å². The van der Waals surface area contributed by atoms with Gasteiger partial charge < -0.3 is 10.5 Å². The van der Waals surface area contributed by atoms with Gasteiger partial charge in [-0.25, -0.2) is 4.39 Å². The molecule has 0 fully saturated rings. The minimum Gasteiger partial charge on any atom is -0.456 e. The van der Waals surface area contributed by atoms with Crippen LogP contribution in [-0.4, -0.2) is 5.84 Å². The molecule has 0 aromatic heterocycles. The number of nitrogens with two attached hydrogens (primary N) is 1. The summed E-state index contributed by atoms with van der Waals surface area (Å²) in [6.07, 6.45) is 0. The van der Waals surface area contributed by atoms with Crippen molar-refractivity contribution < 1.29 is 9.13 Å². The van der Waals surface area contributed by atoms with Crippen molar-refractivity contribution in [2.45, 2.75) is 0 Å². The number of benzene rings is 2. The summed E-state index contributed by atoms with van der Waals surface area (Å²) in [4.78, 5) is 0. The first-order valence-electron chi connectivity index (χ1n) is 5.13. The van der Waals surface area contributed by atoms with Crippen LogP contribution in [0.15, 0.2) is 46.9 Å². The molecule has 3 nitrogen and oxygen atoms in total. The van der Waals surface area contributed by atoms with Crippen molar-refractivity contribution in [2.24, 2.45) is 5.73 Å². The number of amidine groups is 1. The van der Waals surface area contributed by atoms with Crippen LogP contribution in [0.3, 0.4) is 0 Å². The van der Waals surface area contributed by atoms with E-state index in [1.165, 1.54) is 12.1 Å². The van der Waals surface area contributed by atoms with Crippen molar-refractivity contribution in [3.05, 3.63) is 58.3 Å². The Morgan fingerprint density at radius 2 is 2.00 bits per heavy atom. The highest BCUT2D eigenvalue weighted by atomic mass is 79.9. The smallest absolute Gasteiger partial charge is 0.139 e. The molecule has 0 saturated heterocycles. The van der Waals surface area contributed by atoms with Gasteiger partial charge >= 0.3 is 0 Å². The van der Waals surface area contributed by atoms with Crippen LogP contribution in [0.5, 0.6) is 11.5 Å². The maximum Gasteiger partial charge on any atom is 0.139 e. The Hall–Kier alpha value is -1.88. The first-order chi connectivity index (χ1) is 8.56. The summed E-state index contributed by atoms with van der Waals surface area (Å²) in [7, 11) is 0. The summed E-state index contributed by atoms with van der Waals surface area (Å²) >= 11 is 3.31. The molecule has 0 saturated carbocycles. The van der Waals surface area contributed by atoms with Gasteiger partial charge in [-0.15, -0.1) is 0 Å². The Kier molecular flexibility index (Phi) is 3.62.